The quantitative estimate of drug-likeness (QED) is 0.107. The topological polar surface area (TPSA) is 158 Å². The first kappa shape index (κ1) is 28.6. The molecule has 5 N–H and O–H groups in total. The van der Waals surface area contributed by atoms with Crippen molar-refractivity contribution >= 4 is 16.1 Å². The van der Waals surface area contributed by atoms with E-state index in [9.17, 15) is 13.2 Å². The maximum absolute atomic E-state index is 10.7. The summed E-state index contributed by atoms with van der Waals surface area (Å²) < 4.78 is 64.9. The van der Waals surface area contributed by atoms with Crippen molar-refractivity contribution in [1.29, 1.82) is 0 Å². The SMILES string of the molecule is NC(N)=[NH+]CCOc1c(C#Cc2ccncc2)cccc1C#Cc1ccncc1.O=S(=O)([O-])C(F)(F)F. The summed E-state index contributed by atoms with van der Waals surface area (Å²) >= 11 is 0. The van der Waals surface area contributed by atoms with E-state index in [0.717, 1.165) is 22.3 Å². The summed E-state index contributed by atoms with van der Waals surface area (Å²) in [5.74, 6) is 13.3. The summed E-state index contributed by atoms with van der Waals surface area (Å²) in [5.41, 5.74) is 8.43. The molecule has 2 aromatic heterocycles. The maximum atomic E-state index is 10.7. The predicted molar refractivity (Wildman–Crippen MR) is 127 cm³/mol. The molecular weight excluding hydrogens is 511 g/mol. The summed E-state index contributed by atoms with van der Waals surface area (Å²) in [4.78, 5) is 10.8. The van der Waals surface area contributed by atoms with Crippen LogP contribution in [0.5, 0.6) is 5.75 Å². The van der Waals surface area contributed by atoms with Gasteiger partial charge in [-0.25, -0.2) is 8.42 Å². The summed E-state index contributed by atoms with van der Waals surface area (Å²) in [6.07, 6.45) is 6.82. The number of benzene rings is 1. The number of halogens is 3. The standard InChI is InChI=1S/C23H19N5O.CHF3O3S/c24-23(25)28-16-17-29-22-20(6-4-18-8-12-26-13-9-18)2-1-3-21(22)7-5-19-10-14-27-15-11-19;2-1(3,4)8(5,6)7/h1-3,8-15H,16-17H2,(H4,24,25,28);(H,5,6,7). The van der Waals surface area contributed by atoms with Crippen LogP contribution >= 0.6 is 0 Å². The van der Waals surface area contributed by atoms with E-state index in [2.05, 4.69) is 38.6 Å². The molecule has 9 nitrogen and oxygen atoms in total. The second-order valence-electron chi connectivity index (χ2n) is 6.78. The molecular formula is C24H20F3N5O4S. The number of hydrogen-bond acceptors (Lipinski definition) is 6. The lowest BCUT2D eigenvalue weighted by Crippen LogP contribution is -2.79. The summed E-state index contributed by atoms with van der Waals surface area (Å²) in [7, 11) is -6.09. The highest BCUT2D eigenvalue weighted by Gasteiger charge is 2.36. The first-order valence-electron chi connectivity index (χ1n) is 10.2. The lowest BCUT2D eigenvalue weighted by atomic mass is 10.1. The number of guanidine groups is 1. The Morgan fingerprint density at radius 2 is 1.32 bits per heavy atom. The lowest BCUT2D eigenvalue weighted by Gasteiger charge is -2.09. The Balaban J connectivity index is 0.000000521. The Bertz CT molecular complexity index is 1360. The van der Waals surface area contributed by atoms with Gasteiger partial charge in [0.25, 0.3) is 0 Å². The van der Waals surface area contributed by atoms with Crippen molar-refractivity contribution in [2.45, 2.75) is 5.51 Å². The van der Waals surface area contributed by atoms with Crippen LogP contribution < -0.4 is 21.2 Å². The molecule has 0 fully saturated rings. The van der Waals surface area contributed by atoms with Crippen LogP contribution in [0.25, 0.3) is 0 Å². The molecule has 1 aromatic carbocycles. The highest BCUT2D eigenvalue weighted by Crippen LogP contribution is 2.23. The number of rotatable bonds is 4. The van der Waals surface area contributed by atoms with Crippen LogP contribution in [0.2, 0.25) is 0 Å². The molecule has 0 aliphatic carbocycles. The summed E-state index contributed by atoms with van der Waals surface area (Å²) in [6.45, 7) is 0.821. The molecule has 0 unspecified atom stereocenters. The van der Waals surface area contributed by atoms with Crippen molar-refractivity contribution in [2.75, 3.05) is 13.2 Å². The van der Waals surface area contributed by atoms with E-state index in [4.69, 9.17) is 29.2 Å². The van der Waals surface area contributed by atoms with E-state index in [-0.39, 0.29) is 5.96 Å². The average molecular weight is 532 g/mol. The molecule has 37 heavy (non-hydrogen) atoms. The number of hydrogen-bond donors (Lipinski definition) is 3. The van der Waals surface area contributed by atoms with Crippen molar-refractivity contribution < 1.29 is 35.9 Å². The van der Waals surface area contributed by atoms with Gasteiger partial charge in [-0.2, -0.15) is 13.2 Å². The Morgan fingerprint density at radius 3 is 1.70 bits per heavy atom. The molecule has 0 atom stereocenters. The van der Waals surface area contributed by atoms with E-state index in [0.29, 0.717) is 18.9 Å². The van der Waals surface area contributed by atoms with Crippen LogP contribution in [0, 0.1) is 23.7 Å². The number of nitrogens with zero attached hydrogens (tertiary/aromatic N) is 2. The zero-order chi connectivity index (χ0) is 27.3. The van der Waals surface area contributed by atoms with E-state index < -0.39 is 15.6 Å². The fraction of sp³-hybridized carbons (Fsp3) is 0.125. The van der Waals surface area contributed by atoms with Crippen LogP contribution in [0.4, 0.5) is 13.2 Å². The van der Waals surface area contributed by atoms with Gasteiger partial charge >= 0.3 is 11.5 Å². The van der Waals surface area contributed by atoms with E-state index in [1.165, 1.54) is 0 Å². The van der Waals surface area contributed by atoms with Gasteiger partial charge in [0.05, 0.1) is 17.7 Å². The minimum atomic E-state index is -6.09. The Kier molecular flexibility index (Phi) is 10.4. The second-order valence-corrected chi connectivity index (χ2v) is 8.16. The molecule has 0 aliphatic rings. The number of alkyl halides is 3. The number of para-hydroxylation sites is 1. The Hall–Kier alpha value is -4.59. The van der Waals surface area contributed by atoms with Gasteiger partial charge < -0.3 is 9.29 Å². The van der Waals surface area contributed by atoms with Gasteiger partial charge in [0.15, 0.2) is 15.9 Å². The number of aromatic nitrogens is 2. The highest BCUT2D eigenvalue weighted by atomic mass is 32.2. The molecule has 3 aromatic rings. The molecule has 2 heterocycles. The van der Waals surface area contributed by atoms with Gasteiger partial charge in [-0.05, 0) is 36.4 Å². The van der Waals surface area contributed by atoms with Crippen LogP contribution in [0.1, 0.15) is 22.3 Å². The molecule has 0 saturated heterocycles. The smallest absolute Gasteiger partial charge is 0.485 e. The summed E-state index contributed by atoms with van der Waals surface area (Å²) in [5, 5.41) is 0. The average Bonchev–Trinajstić information content (AvgIpc) is 2.85. The number of nitrogens with two attached hydrogens (primary N) is 2. The van der Waals surface area contributed by atoms with Crippen molar-refractivity contribution in [1.82, 2.24) is 9.97 Å². The molecule has 0 spiro atoms. The molecule has 0 bridgehead atoms. The Morgan fingerprint density at radius 1 is 0.892 bits per heavy atom. The fourth-order valence-electron chi connectivity index (χ4n) is 2.39. The van der Waals surface area contributed by atoms with E-state index >= 15 is 0 Å². The van der Waals surface area contributed by atoms with Crippen LogP contribution in [0.15, 0.2) is 67.3 Å². The second kappa shape index (κ2) is 13.5. The van der Waals surface area contributed by atoms with Crippen molar-refractivity contribution in [3.8, 4) is 29.4 Å². The monoisotopic (exact) mass is 531 g/mol. The van der Waals surface area contributed by atoms with Gasteiger partial charge in [0.2, 0.25) is 0 Å². The minimum absolute atomic E-state index is 0.150. The number of pyridine rings is 2. The number of nitrogens with one attached hydrogen (secondary N) is 1. The van der Waals surface area contributed by atoms with E-state index in [1.807, 2.05) is 42.5 Å². The van der Waals surface area contributed by atoms with Gasteiger partial charge in [0, 0.05) is 35.9 Å². The highest BCUT2D eigenvalue weighted by molar-refractivity contribution is 7.86. The molecule has 192 valence electrons. The third-order valence-corrected chi connectivity index (χ3v) is 4.59. The zero-order valence-corrected chi connectivity index (χ0v) is 19.8. The van der Waals surface area contributed by atoms with Gasteiger partial charge in [-0.3, -0.25) is 26.4 Å². The molecule has 0 radical (unpaired) electrons. The maximum Gasteiger partial charge on any atom is 0.485 e. The van der Waals surface area contributed by atoms with E-state index in [1.54, 1.807) is 24.8 Å². The van der Waals surface area contributed by atoms with Gasteiger partial charge in [0.1, 0.15) is 6.61 Å². The first-order chi connectivity index (χ1) is 17.5. The lowest BCUT2D eigenvalue weighted by molar-refractivity contribution is -0.461. The van der Waals surface area contributed by atoms with Crippen molar-refractivity contribution in [3.63, 3.8) is 0 Å². The molecule has 0 aliphatic heterocycles. The van der Waals surface area contributed by atoms with Crippen LogP contribution in [0.3, 0.4) is 0 Å². The molecule has 0 amide bonds. The third-order valence-electron chi connectivity index (χ3n) is 4.02. The largest absolute Gasteiger partial charge is 0.741 e. The van der Waals surface area contributed by atoms with Crippen LogP contribution in [-0.4, -0.2) is 47.6 Å². The summed E-state index contributed by atoms with van der Waals surface area (Å²) in [6, 6.07) is 13.1. The fourth-order valence-corrected chi connectivity index (χ4v) is 2.39. The first-order valence-corrected chi connectivity index (χ1v) is 11.6. The number of ether oxygens (including phenoxy) is 1. The predicted octanol–water partition coefficient (Wildman–Crippen LogP) is 0.0604. The van der Waals surface area contributed by atoms with Crippen molar-refractivity contribution in [3.05, 3.63) is 89.5 Å². The van der Waals surface area contributed by atoms with Gasteiger partial charge in [-0.1, -0.05) is 29.7 Å². The van der Waals surface area contributed by atoms with Crippen LogP contribution in [-0.2, 0) is 10.1 Å². The normalized spacial score (nSPS) is 10.4. The minimum Gasteiger partial charge on any atom is -0.741 e. The molecule has 0 saturated carbocycles. The molecule has 3 rings (SSSR count). The molecule has 13 heteroatoms. The Labute approximate surface area is 211 Å². The third kappa shape index (κ3) is 10.3. The zero-order valence-electron chi connectivity index (χ0n) is 19.0. The van der Waals surface area contributed by atoms with Gasteiger partial charge in [-0.15, -0.1) is 0 Å². The van der Waals surface area contributed by atoms with Crippen molar-refractivity contribution in [2.24, 2.45) is 11.5 Å².